The van der Waals surface area contributed by atoms with Crippen molar-refractivity contribution in [2.75, 3.05) is 31.6 Å². The summed E-state index contributed by atoms with van der Waals surface area (Å²) < 4.78 is 5.45. The number of hydrogen-bond acceptors (Lipinski definition) is 6. The number of benzene rings is 1. The number of pyridine rings is 1. The van der Waals surface area contributed by atoms with Crippen LogP contribution in [0.2, 0.25) is 0 Å². The number of ether oxygens (including phenoxy) is 1. The van der Waals surface area contributed by atoms with E-state index in [0.29, 0.717) is 19.5 Å². The highest BCUT2D eigenvalue weighted by Gasteiger charge is 2.70. The van der Waals surface area contributed by atoms with E-state index in [2.05, 4.69) is 11.1 Å². The Labute approximate surface area is 201 Å². The van der Waals surface area contributed by atoms with Gasteiger partial charge in [0, 0.05) is 43.7 Å². The second-order valence-electron chi connectivity index (χ2n) is 9.76. The molecular formula is C25H23N5O5. The Morgan fingerprint density at radius 3 is 2.69 bits per heavy atom. The molecule has 10 heteroatoms. The number of cyclic esters (lactones) is 1. The topological polar surface area (TPSA) is 127 Å². The number of anilines is 1. The Morgan fingerprint density at radius 1 is 1.31 bits per heavy atom. The lowest BCUT2D eigenvalue weighted by Crippen LogP contribution is -2.41. The summed E-state index contributed by atoms with van der Waals surface area (Å²) >= 11 is 0. The normalized spacial score (nSPS) is 29.7. The predicted molar refractivity (Wildman–Crippen MR) is 122 cm³/mol. The minimum absolute atomic E-state index is 0.113. The zero-order chi connectivity index (χ0) is 24.5. The summed E-state index contributed by atoms with van der Waals surface area (Å²) in [6.07, 6.45) is 1.14. The Hall–Kier alpha value is -4.13. The molecule has 0 radical (unpaired) electrons. The van der Waals surface area contributed by atoms with E-state index < -0.39 is 23.7 Å². The monoisotopic (exact) mass is 473 g/mol. The van der Waals surface area contributed by atoms with E-state index in [1.165, 1.54) is 7.05 Å². The molecule has 3 aliphatic heterocycles. The smallest absolute Gasteiger partial charge is 0.415 e. The van der Waals surface area contributed by atoms with Gasteiger partial charge in [-0.25, -0.2) is 9.59 Å². The maximum atomic E-state index is 12.5. The molecule has 3 amide bonds. The van der Waals surface area contributed by atoms with Gasteiger partial charge in [0.25, 0.3) is 0 Å². The molecule has 3 fully saturated rings. The first-order valence-corrected chi connectivity index (χ1v) is 11.5. The van der Waals surface area contributed by atoms with Crippen molar-refractivity contribution < 1.29 is 24.2 Å². The van der Waals surface area contributed by atoms with Gasteiger partial charge in [-0.15, -0.1) is 0 Å². The quantitative estimate of drug-likeness (QED) is 0.659. The first kappa shape index (κ1) is 21.4. The Bertz CT molecular complexity index is 1280. The number of hydrogen-bond donors (Lipinski definition) is 1. The molecule has 4 heterocycles. The molecular weight excluding hydrogens is 450 g/mol. The Kier molecular flexibility index (Phi) is 4.55. The fourth-order valence-corrected chi connectivity index (χ4v) is 6.12. The van der Waals surface area contributed by atoms with Crippen molar-refractivity contribution in [1.82, 2.24) is 14.8 Å². The Morgan fingerprint density at radius 2 is 2.06 bits per heavy atom. The lowest BCUT2D eigenvalue weighted by Gasteiger charge is -2.21. The van der Waals surface area contributed by atoms with Crippen LogP contribution in [0.3, 0.4) is 0 Å². The van der Waals surface area contributed by atoms with Gasteiger partial charge in [-0.05, 0) is 35.7 Å². The zero-order valence-electron chi connectivity index (χ0n) is 19.0. The van der Waals surface area contributed by atoms with Gasteiger partial charge >= 0.3 is 12.2 Å². The van der Waals surface area contributed by atoms with Crippen LogP contribution in [0.4, 0.5) is 15.3 Å². The van der Waals surface area contributed by atoms with E-state index in [4.69, 9.17) is 4.74 Å². The second kappa shape index (κ2) is 7.43. The molecule has 35 heavy (non-hydrogen) atoms. The summed E-state index contributed by atoms with van der Waals surface area (Å²) in [6.45, 7) is 1.31. The molecule has 1 N–H and O–H groups in total. The van der Waals surface area contributed by atoms with Crippen LogP contribution in [-0.4, -0.2) is 77.3 Å². The number of carbonyl (C=O) groups excluding carboxylic acids is 2. The summed E-state index contributed by atoms with van der Waals surface area (Å²) in [6, 6.07) is 11.9. The third-order valence-corrected chi connectivity index (χ3v) is 8.02. The molecule has 1 aromatic carbocycles. The fourth-order valence-electron chi connectivity index (χ4n) is 6.12. The van der Waals surface area contributed by atoms with Gasteiger partial charge in [0.05, 0.1) is 30.0 Å². The first-order valence-electron chi connectivity index (χ1n) is 11.5. The van der Waals surface area contributed by atoms with Crippen molar-refractivity contribution in [3.63, 3.8) is 0 Å². The zero-order valence-corrected chi connectivity index (χ0v) is 19.0. The van der Waals surface area contributed by atoms with Crippen LogP contribution in [0.5, 0.6) is 0 Å². The number of piperidine rings is 1. The van der Waals surface area contributed by atoms with E-state index in [1.54, 1.807) is 16.0 Å². The number of likely N-dealkylation sites (N-methyl/N-ethyl adjacent to an activating group) is 1. The standard InChI is InChI=1S/C25H23N5O5/c1-28(23(32)33)11-21-20-7-16-6-14(2-4-19(16)30(20)24(34)35-21)15-3-5-22(27-8-15)25(12-26)17-9-29(13-31)10-18(17)25/h2-6,8,13,17-18,20-21H,7,9-11H2,1H3,(H,32,33)/t17-,18+,20-,21-,25?/m0/s1. The molecule has 1 aromatic heterocycles. The maximum absolute atomic E-state index is 12.5. The number of fused-ring (bicyclic) bond motifs is 4. The maximum Gasteiger partial charge on any atom is 0.415 e. The molecule has 0 spiro atoms. The number of nitrogens with zero attached hydrogens (tertiary/aromatic N) is 5. The largest absolute Gasteiger partial charge is 0.465 e. The van der Waals surface area contributed by atoms with E-state index in [-0.39, 0.29) is 24.4 Å². The average Bonchev–Trinajstić information content (AvgIpc) is 3.22. The Balaban J connectivity index is 1.22. The summed E-state index contributed by atoms with van der Waals surface area (Å²) in [4.78, 5) is 43.9. The molecule has 10 nitrogen and oxygen atoms in total. The van der Waals surface area contributed by atoms with Crippen LogP contribution >= 0.6 is 0 Å². The summed E-state index contributed by atoms with van der Waals surface area (Å²) in [5.41, 5.74) is 3.77. The lowest BCUT2D eigenvalue weighted by atomic mass is 9.95. The van der Waals surface area contributed by atoms with E-state index in [0.717, 1.165) is 39.4 Å². The molecule has 1 aliphatic carbocycles. The van der Waals surface area contributed by atoms with E-state index in [9.17, 15) is 24.8 Å². The highest BCUT2D eigenvalue weighted by Crippen LogP contribution is 2.62. The van der Waals surface area contributed by atoms with Crippen molar-refractivity contribution in [2.45, 2.75) is 24.0 Å². The van der Waals surface area contributed by atoms with Gasteiger partial charge in [0.2, 0.25) is 6.41 Å². The average molecular weight is 473 g/mol. The summed E-state index contributed by atoms with van der Waals surface area (Å²) in [5, 5.41) is 19.1. The van der Waals surface area contributed by atoms with E-state index >= 15 is 0 Å². The van der Waals surface area contributed by atoms with Crippen LogP contribution in [-0.2, 0) is 21.4 Å². The van der Waals surface area contributed by atoms with Crippen LogP contribution in [0.1, 0.15) is 11.3 Å². The molecule has 2 saturated heterocycles. The lowest BCUT2D eigenvalue weighted by molar-refractivity contribution is -0.117. The van der Waals surface area contributed by atoms with Crippen molar-refractivity contribution in [2.24, 2.45) is 11.8 Å². The third-order valence-electron chi connectivity index (χ3n) is 8.02. The van der Waals surface area contributed by atoms with Gasteiger partial charge in [0.15, 0.2) is 0 Å². The van der Waals surface area contributed by atoms with Crippen LogP contribution in [0, 0.1) is 23.2 Å². The highest BCUT2D eigenvalue weighted by molar-refractivity contribution is 5.94. The second-order valence-corrected chi connectivity index (χ2v) is 9.76. The number of carboxylic acid groups (broad SMARTS) is 1. The van der Waals surface area contributed by atoms with Gasteiger partial charge in [0.1, 0.15) is 11.5 Å². The molecule has 0 bridgehead atoms. The van der Waals surface area contributed by atoms with Crippen molar-refractivity contribution in [1.29, 1.82) is 5.26 Å². The van der Waals surface area contributed by atoms with Crippen molar-refractivity contribution >= 4 is 24.3 Å². The van der Waals surface area contributed by atoms with Gasteiger partial charge in [-0.2, -0.15) is 5.26 Å². The van der Waals surface area contributed by atoms with Crippen LogP contribution in [0.15, 0.2) is 36.5 Å². The molecule has 1 unspecified atom stereocenters. The van der Waals surface area contributed by atoms with Crippen molar-refractivity contribution in [3.8, 4) is 17.2 Å². The number of likely N-dealkylation sites (tertiary alicyclic amines) is 1. The number of rotatable bonds is 5. The number of carbonyl (C=O) groups is 3. The summed E-state index contributed by atoms with van der Waals surface area (Å²) in [7, 11) is 1.46. The number of aromatic nitrogens is 1. The number of amides is 3. The third kappa shape index (κ3) is 3.00. The first-order chi connectivity index (χ1) is 16.9. The summed E-state index contributed by atoms with van der Waals surface area (Å²) in [5.74, 6) is 0.273. The molecule has 2 aromatic rings. The number of nitriles is 1. The van der Waals surface area contributed by atoms with Crippen LogP contribution in [0.25, 0.3) is 11.1 Å². The molecule has 5 atom stereocenters. The van der Waals surface area contributed by atoms with E-state index in [1.807, 2.05) is 30.3 Å². The van der Waals surface area contributed by atoms with Gasteiger partial charge in [-0.3, -0.25) is 14.7 Å². The van der Waals surface area contributed by atoms with Gasteiger partial charge in [-0.1, -0.05) is 12.1 Å². The highest BCUT2D eigenvalue weighted by atomic mass is 16.6. The molecule has 6 rings (SSSR count). The van der Waals surface area contributed by atoms with Crippen molar-refractivity contribution in [3.05, 3.63) is 47.8 Å². The van der Waals surface area contributed by atoms with Crippen LogP contribution < -0.4 is 4.90 Å². The minimum atomic E-state index is -1.07. The predicted octanol–water partition coefficient (Wildman–Crippen LogP) is 2.09. The molecule has 178 valence electrons. The molecule has 4 aliphatic rings. The SMILES string of the molecule is CN(C[C@@H]1OC(=O)N2c3ccc(-c4ccc(C5(C#N)[C@@H]6CN(C=O)C[C@@H]65)nc4)cc3C[C@@H]12)C(=O)O. The molecule has 1 saturated carbocycles. The fraction of sp³-hybridized carbons (Fsp3) is 0.400. The van der Waals surface area contributed by atoms with Gasteiger partial charge < -0.3 is 19.6 Å². The minimum Gasteiger partial charge on any atom is -0.465 e.